The molecule has 220 valence electrons. The molecule has 1 aromatic carbocycles. The van der Waals surface area contributed by atoms with Crippen LogP contribution in [-0.4, -0.2) is 71.3 Å². The number of hydrogen-bond donors (Lipinski definition) is 3. The SMILES string of the molecule is CCCN(C)c1cc(C(=O)NC[C@H](O)CN2CCc3cc(OCc4ocnc4C)ccc3C2)cc(NC2CCC2)n1. The molecule has 1 aliphatic heterocycles. The molecule has 2 aliphatic rings. The number of nitrogens with one attached hydrogen (secondary N) is 2. The molecule has 3 aromatic rings. The number of fused-ring (bicyclic) bond motifs is 1. The lowest BCUT2D eigenvalue weighted by molar-refractivity contribution is 0.0841. The molecule has 1 saturated carbocycles. The number of aliphatic hydroxyl groups excluding tert-OH is 1. The van der Waals surface area contributed by atoms with E-state index in [0.29, 0.717) is 24.8 Å². The Bertz CT molecular complexity index is 1320. The highest BCUT2D eigenvalue weighted by molar-refractivity contribution is 5.95. The monoisotopic (exact) mass is 562 g/mol. The molecule has 10 heteroatoms. The van der Waals surface area contributed by atoms with Gasteiger partial charge in [0.15, 0.2) is 12.2 Å². The number of anilines is 2. The van der Waals surface area contributed by atoms with Crippen molar-refractivity contribution in [3.63, 3.8) is 0 Å². The Morgan fingerprint density at radius 3 is 2.85 bits per heavy atom. The highest BCUT2D eigenvalue weighted by Gasteiger charge is 2.22. The van der Waals surface area contributed by atoms with Crippen LogP contribution >= 0.6 is 0 Å². The molecular weight excluding hydrogens is 520 g/mol. The largest absolute Gasteiger partial charge is 0.486 e. The third kappa shape index (κ3) is 7.56. The standard InChI is InChI=1S/C31H42N6O4/c1-4-11-36(3)30-15-24(14-29(35-30)34-25-6-5-7-25)31(39)32-16-26(38)18-37-12-10-22-13-27(9-8-23(22)17-37)40-19-28-21(2)33-20-41-28/h8-9,13-15,20,25-26,38H,4-7,10-12,16-19H2,1-3H3,(H,32,39)(H,34,35)/t26-/m0/s1. The van der Waals surface area contributed by atoms with Crippen molar-refractivity contribution < 1.29 is 19.1 Å². The van der Waals surface area contributed by atoms with E-state index in [2.05, 4.69) is 44.5 Å². The highest BCUT2D eigenvalue weighted by Crippen LogP contribution is 2.26. The number of nitrogens with zero attached hydrogens (tertiary/aromatic N) is 4. The normalized spacial score (nSPS) is 16.0. The summed E-state index contributed by atoms with van der Waals surface area (Å²) in [5.41, 5.74) is 3.87. The Kier molecular flexibility index (Phi) is 9.41. The van der Waals surface area contributed by atoms with Crippen LogP contribution in [0.25, 0.3) is 0 Å². The molecule has 0 unspecified atom stereocenters. The van der Waals surface area contributed by atoms with Crippen LogP contribution in [0, 0.1) is 6.92 Å². The average molecular weight is 563 g/mol. The van der Waals surface area contributed by atoms with Crippen molar-refractivity contribution in [2.45, 2.75) is 71.2 Å². The van der Waals surface area contributed by atoms with Crippen LogP contribution in [0.2, 0.25) is 0 Å². The summed E-state index contributed by atoms with van der Waals surface area (Å²) in [5, 5.41) is 17.2. The molecule has 3 N–H and O–H groups in total. The van der Waals surface area contributed by atoms with Gasteiger partial charge in [0.25, 0.3) is 5.91 Å². The fraction of sp³-hybridized carbons (Fsp3) is 0.516. The number of aryl methyl sites for hydroxylation is 1. The number of aliphatic hydroxyl groups is 1. The van der Waals surface area contributed by atoms with Gasteiger partial charge in [0.05, 0.1) is 11.8 Å². The summed E-state index contributed by atoms with van der Waals surface area (Å²) in [4.78, 5) is 26.2. The molecular formula is C31H42N6O4. The molecule has 3 heterocycles. The summed E-state index contributed by atoms with van der Waals surface area (Å²) >= 11 is 0. The van der Waals surface area contributed by atoms with Gasteiger partial charge in [-0.3, -0.25) is 9.69 Å². The van der Waals surface area contributed by atoms with Crippen molar-refractivity contribution in [3.8, 4) is 5.75 Å². The summed E-state index contributed by atoms with van der Waals surface area (Å²) in [6, 6.07) is 10.2. The fourth-order valence-corrected chi connectivity index (χ4v) is 5.25. The Labute approximate surface area is 242 Å². The van der Waals surface area contributed by atoms with E-state index in [0.717, 1.165) is 74.2 Å². The van der Waals surface area contributed by atoms with Crippen molar-refractivity contribution in [3.05, 3.63) is 64.9 Å². The van der Waals surface area contributed by atoms with Crippen LogP contribution in [0.5, 0.6) is 5.75 Å². The molecule has 1 aliphatic carbocycles. The molecule has 0 spiro atoms. The topological polar surface area (TPSA) is 116 Å². The first-order valence-corrected chi connectivity index (χ1v) is 14.7. The van der Waals surface area contributed by atoms with Gasteiger partial charge in [-0.05, 0) is 74.4 Å². The summed E-state index contributed by atoms with van der Waals surface area (Å²) in [6.45, 7) is 7.47. The van der Waals surface area contributed by atoms with Gasteiger partial charge in [0.2, 0.25) is 0 Å². The zero-order valence-electron chi connectivity index (χ0n) is 24.4. The molecule has 41 heavy (non-hydrogen) atoms. The zero-order chi connectivity index (χ0) is 28.8. The molecule has 1 atom stereocenters. The van der Waals surface area contributed by atoms with E-state index < -0.39 is 6.10 Å². The molecule has 1 amide bonds. The molecule has 0 saturated heterocycles. The van der Waals surface area contributed by atoms with Crippen LogP contribution in [0.3, 0.4) is 0 Å². The van der Waals surface area contributed by atoms with Crippen molar-refractivity contribution in [1.29, 1.82) is 0 Å². The maximum atomic E-state index is 13.1. The van der Waals surface area contributed by atoms with E-state index in [9.17, 15) is 9.90 Å². The zero-order valence-corrected chi connectivity index (χ0v) is 24.4. The number of aromatic nitrogens is 2. The maximum absolute atomic E-state index is 13.1. The van der Waals surface area contributed by atoms with E-state index in [-0.39, 0.29) is 12.5 Å². The van der Waals surface area contributed by atoms with Gasteiger partial charge in [-0.25, -0.2) is 9.97 Å². The lowest BCUT2D eigenvalue weighted by Gasteiger charge is -2.30. The number of benzene rings is 1. The number of amides is 1. The van der Waals surface area contributed by atoms with E-state index >= 15 is 0 Å². The van der Waals surface area contributed by atoms with Crippen LogP contribution in [0.15, 0.2) is 41.1 Å². The maximum Gasteiger partial charge on any atom is 0.251 e. The van der Waals surface area contributed by atoms with Gasteiger partial charge in [0.1, 0.15) is 24.0 Å². The summed E-state index contributed by atoms with van der Waals surface area (Å²) in [6.07, 6.45) is 6.10. The molecule has 0 bridgehead atoms. The fourth-order valence-electron chi connectivity index (χ4n) is 5.25. The summed E-state index contributed by atoms with van der Waals surface area (Å²) in [7, 11) is 1.99. The van der Waals surface area contributed by atoms with Gasteiger partial charge in [-0.15, -0.1) is 0 Å². The second kappa shape index (κ2) is 13.4. The number of β-amino-alcohol motifs (C(OH)–C–C–N with tert-alkyl or cyclic N) is 1. The van der Waals surface area contributed by atoms with Crippen molar-refractivity contribution in [2.75, 3.05) is 43.4 Å². The Morgan fingerprint density at radius 2 is 2.12 bits per heavy atom. The van der Waals surface area contributed by atoms with Crippen LogP contribution < -0.4 is 20.3 Å². The molecule has 2 aromatic heterocycles. The van der Waals surface area contributed by atoms with E-state index in [1.807, 2.05) is 32.2 Å². The van der Waals surface area contributed by atoms with Gasteiger partial charge >= 0.3 is 0 Å². The van der Waals surface area contributed by atoms with Crippen molar-refractivity contribution >= 4 is 17.5 Å². The first kappa shape index (κ1) is 28.9. The number of oxazole rings is 1. The minimum absolute atomic E-state index is 0.184. The number of carbonyl (C=O) groups excluding carboxylic acids is 1. The number of pyridine rings is 1. The van der Waals surface area contributed by atoms with Crippen molar-refractivity contribution in [1.82, 2.24) is 20.2 Å². The first-order valence-electron chi connectivity index (χ1n) is 14.7. The van der Waals surface area contributed by atoms with Gasteiger partial charge in [0, 0.05) is 51.4 Å². The predicted octanol–water partition coefficient (Wildman–Crippen LogP) is 3.92. The minimum Gasteiger partial charge on any atom is -0.486 e. The van der Waals surface area contributed by atoms with Gasteiger partial charge < -0.3 is 29.8 Å². The quantitative estimate of drug-likeness (QED) is 0.285. The van der Waals surface area contributed by atoms with E-state index in [1.54, 1.807) is 0 Å². The van der Waals surface area contributed by atoms with E-state index in [4.69, 9.17) is 14.1 Å². The third-order valence-electron chi connectivity index (χ3n) is 7.93. The Balaban J connectivity index is 1.12. The molecule has 1 fully saturated rings. The molecule has 0 radical (unpaired) electrons. The van der Waals surface area contributed by atoms with Gasteiger partial charge in [-0.1, -0.05) is 13.0 Å². The van der Waals surface area contributed by atoms with Crippen LogP contribution in [0.4, 0.5) is 11.6 Å². The smallest absolute Gasteiger partial charge is 0.251 e. The first-order chi connectivity index (χ1) is 19.9. The minimum atomic E-state index is -0.676. The second-order valence-electron chi connectivity index (χ2n) is 11.2. The third-order valence-corrected chi connectivity index (χ3v) is 7.93. The Morgan fingerprint density at radius 1 is 1.27 bits per heavy atom. The molecule has 5 rings (SSSR count). The van der Waals surface area contributed by atoms with Crippen LogP contribution in [0.1, 0.15) is 65.5 Å². The number of rotatable bonds is 13. The van der Waals surface area contributed by atoms with E-state index in [1.165, 1.54) is 23.9 Å². The average Bonchev–Trinajstić information content (AvgIpc) is 3.36. The summed E-state index contributed by atoms with van der Waals surface area (Å²) < 4.78 is 11.3. The molecule has 10 nitrogen and oxygen atoms in total. The number of hydrogen-bond acceptors (Lipinski definition) is 9. The number of ether oxygens (including phenoxy) is 1. The second-order valence-corrected chi connectivity index (χ2v) is 11.2. The van der Waals surface area contributed by atoms with Crippen LogP contribution in [-0.2, 0) is 19.6 Å². The van der Waals surface area contributed by atoms with Gasteiger partial charge in [-0.2, -0.15) is 0 Å². The Hall–Kier alpha value is -3.63. The number of carbonyl (C=O) groups is 1. The highest BCUT2D eigenvalue weighted by atomic mass is 16.5. The lowest BCUT2D eigenvalue weighted by atomic mass is 9.93. The predicted molar refractivity (Wildman–Crippen MR) is 158 cm³/mol. The lowest BCUT2D eigenvalue weighted by Crippen LogP contribution is -2.42. The summed E-state index contributed by atoms with van der Waals surface area (Å²) in [5.74, 6) is 2.84. The van der Waals surface area contributed by atoms with Crippen molar-refractivity contribution in [2.24, 2.45) is 0 Å².